The number of nitrogens with zero attached hydrogens (tertiary/aromatic N) is 2. The van der Waals surface area contributed by atoms with E-state index in [2.05, 4.69) is 20.6 Å². The molecule has 0 saturated carbocycles. The summed E-state index contributed by atoms with van der Waals surface area (Å²) in [6.45, 7) is 4.79. The zero-order chi connectivity index (χ0) is 15.2. The molecule has 0 spiro atoms. The summed E-state index contributed by atoms with van der Waals surface area (Å²) in [7, 11) is 0. The van der Waals surface area contributed by atoms with Gasteiger partial charge in [-0.3, -0.25) is 0 Å². The van der Waals surface area contributed by atoms with Gasteiger partial charge in [-0.15, -0.1) is 0 Å². The highest BCUT2D eigenvalue weighted by Crippen LogP contribution is 2.15. The first-order chi connectivity index (χ1) is 10.1. The fraction of sp³-hybridized carbons (Fsp3) is 0.333. The molecule has 2 aromatic rings. The van der Waals surface area contributed by atoms with Gasteiger partial charge in [0, 0.05) is 18.7 Å². The van der Waals surface area contributed by atoms with Gasteiger partial charge in [0.25, 0.3) is 0 Å². The van der Waals surface area contributed by atoms with Crippen LogP contribution in [0.1, 0.15) is 19.4 Å². The quantitative estimate of drug-likeness (QED) is 0.762. The third-order valence-corrected chi connectivity index (χ3v) is 2.95. The Morgan fingerprint density at radius 3 is 2.52 bits per heavy atom. The normalized spacial score (nSPS) is 12.0. The summed E-state index contributed by atoms with van der Waals surface area (Å²) < 4.78 is 12.9. The maximum absolute atomic E-state index is 12.9. The molecule has 0 aliphatic heterocycles. The number of nitrogen functional groups attached to an aromatic ring is 1. The average Bonchev–Trinajstić information content (AvgIpc) is 2.41. The predicted octanol–water partition coefficient (Wildman–Crippen LogP) is 2.67. The van der Waals surface area contributed by atoms with Crippen molar-refractivity contribution in [2.75, 3.05) is 22.9 Å². The van der Waals surface area contributed by atoms with Gasteiger partial charge in [0.15, 0.2) is 0 Å². The molecule has 0 saturated heterocycles. The third kappa shape index (κ3) is 4.59. The molecule has 1 aromatic carbocycles. The van der Waals surface area contributed by atoms with E-state index in [1.807, 2.05) is 19.9 Å². The number of hydrogen-bond acceptors (Lipinski definition) is 5. The van der Waals surface area contributed by atoms with Crippen LogP contribution >= 0.6 is 0 Å². The minimum absolute atomic E-state index is 0.138. The highest BCUT2D eigenvalue weighted by atomic mass is 19.1. The summed E-state index contributed by atoms with van der Waals surface area (Å²) in [5.74, 6) is 1.37. The molecule has 0 fully saturated rings. The van der Waals surface area contributed by atoms with Crippen LogP contribution in [-0.4, -0.2) is 22.6 Å². The van der Waals surface area contributed by atoms with E-state index >= 15 is 0 Å². The number of halogens is 1. The maximum Gasteiger partial charge on any atom is 0.223 e. The molecule has 0 aliphatic rings. The molecular weight excluding hydrogens is 269 g/mol. The molecule has 6 heteroatoms. The zero-order valence-corrected chi connectivity index (χ0v) is 12.2. The highest BCUT2D eigenvalue weighted by molar-refractivity contribution is 5.51. The fourth-order valence-electron chi connectivity index (χ4n) is 2.09. The lowest BCUT2D eigenvalue weighted by Gasteiger charge is -2.15. The minimum Gasteiger partial charge on any atom is -0.370 e. The standard InChI is InChI=1S/C15H20FN5/c1-3-18-13-9-14(21-15(17)20-13)19-10(2)8-11-4-6-12(16)7-5-11/h4-7,9-10H,3,8H2,1-2H3,(H4,17,18,19,20,21). The van der Waals surface area contributed by atoms with Gasteiger partial charge in [-0.2, -0.15) is 9.97 Å². The van der Waals surface area contributed by atoms with Gasteiger partial charge < -0.3 is 16.4 Å². The van der Waals surface area contributed by atoms with Crippen LogP contribution in [-0.2, 0) is 6.42 Å². The van der Waals surface area contributed by atoms with E-state index < -0.39 is 0 Å². The number of rotatable bonds is 6. The minimum atomic E-state index is -0.224. The second-order valence-electron chi connectivity index (χ2n) is 4.90. The second kappa shape index (κ2) is 6.88. The Morgan fingerprint density at radius 1 is 1.19 bits per heavy atom. The first-order valence-corrected chi connectivity index (χ1v) is 6.96. The number of benzene rings is 1. The van der Waals surface area contributed by atoms with Crippen LogP contribution in [0.15, 0.2) is 30.3 Å². The maximum atomic E-state index is 12.9. The molecule has 1 heterocycles. The van der Waals surface area contributed by atoms with E-state index in [1.54, 1.807) is 12.1 Å². The highest BCUT2D eigenvalue weighted by Gasteiger charge is 2.07. The Morgan fingerprint density at radius 2 is 1.86 bits per heavy atom. The van der Waals surface area contributed by atoms with Crippen LogP contribution in [0.2, 0.25) is 0 Å². The summed E-state index contributed by atoms with van der Waals surface area (Å²) >= 11 is 0. The second-order valence-corrected chi connectivity index (χ2v) is 4.90. The van der Waals surface area contributed by atoms with Crippen LogP contribution in [0, 0.1) is 5.82 Å². The summed E-state index contributed by atoms with van der Waals surface area (Å²) in [5.41, 5.74) is 6.75. The SMILES string of the molecule is CCNc1cc(NC(C)Cc2ccc(F)cc2)nc(N)n1. The first kappa shape index (κ1) is 15.0. The van der Waals surface area contributed by atoms with Crippen molar-refractivity contribution in [3.05, 3.63) is 41.7 Å². The molecule has 5 nitrogen and oxygen atoms in total. The van der Waals surface area contributed by atoms with Crippen molar-refractivity contribution in [2.45, 2.75) is 26.3 Å². The van der Waals surface area contributed by atoms with Gasteiger partial charge in [0.1, 0.15) is 17.5 Å². The van der Waals surface area contributed by atoms with Crippen molar-refractivity contribution in [1.82, 2.24) is 9.97 Å². The van der Waals surface area contributed by atoms with Crippen LogP contribution in [0.25, 0.3) is 0 Å². The Hall–Kier alpha value is -2.37. The molecular formula is C15H20FN5. The van der Waals surface area contributed by atoms with Gasteiger partial charge in [0.2, 0.25) is 5.95 Å². The van der Waals surface area contributed by atoms with Crippen LogP contribution in [0.4, 0.5) is 22.0 Å². The molecule has 0 amide bonds. The number of aromatic nitrogens is 2. The monoisotopic (exact) mass is 289 g/mol. The molecule has 21 heavy (non-hydrogen) atoms. The molecule has 0 bridgehead atoms. The van der Waals surface area contributed by atoms with E-state index in [-0.39, 0.29) is 17.8 Å². The molecule has 4 N–H and O–H groups in total. The van der Waals surface area contributed by atoms with Gasteiger partial charge in [-0.05, 0) is 38.0 Å². The third-order valence-electron chi connectivity index (χ3n) is 2.95. The molecule has 112 valence electrons. The summed E-state index contributed by atoms with van der Waals surface area (Å²) in [6, 6.07) is 8.46. The molecule has 1 aromatic heterocycles. The Labute approximate surface area is 123 Å². The number of nitrogens with two attached hydrogens (primary N) is 1. The van der Waals surface area contributed by atoms with Crippen molar-refractivity contribution in [1.29, 1.82) is 0 Å². The summed E-state index contributed by atoms with van der Waals surface area (Å²) in [6.07, 6.45) is 0.765. The van der Waals surface area contributed by atoms with E-state index in [4.69, 9.17) is 5.73 Å². The van der Waals surface area contributed by atoms with Crippen molar-refractivity contribution >= 4 is 17.6 Å². The van der Waals surface area contributed by atoms with Crippen LogP contribution in [0.5, 0.6) is 0 Å². The molecule has 0 radical (unpaired) electrons. The van der Waals surface area contributed by atoms with Crippen molar-refractivity contribution in [3.8, 4) is 0 Å². The Balaban J connectivity index is 2.01. The molecule has 1 unspecified atom stereocenters. The number of anilines is 3. The van der Waals surface area contributed by atoms with Crippen LogP contribution in [0.3, 0.4) is 0 Å². The lowest BCUT2D eigenvalue weighted by molar-refractivity contribution is 0.626. The smallest absolute Gasteiger partial charge is 0.223 e. The number of hydrogen-bond donors (Lipinski definition) is 3. The van der Waals surface area contributed by atoms with Gasteiger partial charge in [-0.1, -0.05) is 12.1 Å². The fourth-order valence-corrected chi connectivity index (χ4v) is 2.09. The summed E-state index contributed by atoms with van der Waals surface area (Å²) in [4.78, 5) is 8.27. The average molecular weight is 289 g/mol. The van der Waals surface area contributed by atoms with E-state index in [0.29, 0.717) is 11.6 Å². The molecule has 0 aliphatic carbocycles. The largest absolute Gasteiger partial charge is 0.370 e. The topological polar surface area (TPSA) is 75.9 Å². The van der Waals surface area contributed by atoms with Crippen LogP contribution < -0.4 is 16.4 Å². The van der Waals surface area contributed by atoms with Gasteiger partial charge >= 0.3 is 0 Å². The Kier molecular flexibility index (Phi) is 4.92. The van der Waals surface area contributed by atoms with Crippen molar-refractivity contribution < 1.29 is 4.39 Å². The first-order valence-electron chi connectivity index (χ1n) is 6.96. The van der Waals surface area contributed by atoms with Crippen molar-refractivity contribution in [3.63, 3.8) is 0 Å². The van der Waals surface area contributed by atoms with Gasteiger partial charge in [0.05, 0.1) is 0 Å². The Bertz CT molecular complexity index is 585. The van der Waals surface area contributed by atoms with E-state index in [0.717, 1.165) is 18.5 Å². The van der Waals surface area contributed by atoms with E-state index in [9.17, 15) is 4.39 Å². The zero-order valence-electron chi connectivity index (χ0n) is 12.2. The van der Waals surface area contributed by atoms with Crippen molar-refractivity contribution in [2.24, 2.45) is 0 Å². The molecule has 1 atom stereocenters. The van der Waals surface area contributed by atoms with Gasteiger partial charge in [-0.25, -0.2) is 4.39 Å². The predicted molar refractivity (Wildman–Crippen MR) is 83.8 cm³/mol. The molecule has 2 rings (SSSR count). The summed E-state index contributed by atoms with van der Waals surface area (Å²) in [5, 5.41) is 6.38. The lowest BCUT2D eigenvalue weighted by Crippen LogP contribution is -2.19. The lowest BCUT2D eigenvalue weighted by atomic mass is 10.1. The van der Waals surface area contributed by atoms with E-state index in [1.165, 1.54) is 12.1 Å². The number of nitrogens with one attached hydrogen (secondary N) is 2.